The summed E-state index contributed by atoms with van der Waals surface area (Å²) in [6.45, 7) is 4.42. The molecule has 0 spiro atoms. The van der Waals surface area contributed by atoms with Crippen molar-refractivity contribution >= 4 is 5.97 Å². The van der Waals surface area contributed by atoms with E-state index in [9.17, 15) is 15.0 Å². The number of esters is 1. The Morgan fingerprint density at radius 1 is 0.783 bits per heavy atom. The summed E-state index contributed by atoms with van der Waals surface area (Å²) in [5.41, 5.74) is 0. The van der Waals surface area contributed by atoms with E-state index in [4.69, 9.17) is 4.74 Å². The molecule has 2 N–H and O–H groups in total. The predicted octanol–water partition coefficient (Wildman–Crippen LogP) is 4.36. The topological polar surface area (TPSA) is 66.8 Å². The molecule has 0 bridgehead atoms. The second-order valence-corrected chi connectivity index (χ2v) is 6.50. The second-order valence-electron chi connectivity index (χ2n) is 6.50. The van der Waals surface area contributed by atoms with Crippen LogP contribution in [0.25, 0.3) is 0 Å². The van der Waals surface area contributed by atoms with Crippen LogP contribution in [0.4, 0.5) is 0 Å². The van der Waals surface area contributed by atoms with Crippen LogP contribution in [0.3, 0.4) is 0 Å². The minimum Gasteiger partial charge on any atom is -0.464 e. The van der Waals surface area contributed by atoms with Crippen LogP contribution in [0.15, 0.2) is 0 Å². The fourth-order valence-electron chi connectivity index (χ4n) is 2.62. The van der Waals surface area contributed by atoms with Gasteiger partial charge in [0.2, 0.25) is 0 Å². The lowest BCUT2D eigenvalue weighted by atomic mass is 10.0. The Morgan fingerprint density at radius 2 is 1.26 bits per heavy atom. The van der Waals surface area contributed by atoms with E-state index in [2.05, 4.69) is 6.92 Å². The van der Waals surface area contributed by atoms with Crippen LogP contribution >= 0.6 is 0 Å². The molecule has 0 aliphatic carbocycles. The van der Waals surface area contributed by atoms with Crippen molar-refractivity contribution in [2.75, 3.05) is 6.61 Å². The van der Waals surface area contributed by atoms with Gasteiger partial charge in [0.05, 0.1) is 12.7 Å². The van der Waals surface area contributed by atoms with Crippen molar-refractivity contribution in [3.63, 3.8) is 0 Å². The molecule has 23 heavy (non-hydrogen) atoms. The lowest BCUT2D eigenvalue weighted by Gasteiger charge is -2.16. The highest BCUT2D eigenvalue weighted by molar-refractivity contribution is 5.75. The third kappa shape index (κ3) is 13.5. The van der Waals surface area contributed by atoms with Crippen LogP contribution in [0, 0.1) is 0 Å². The fourth-order valence-corrected chi connectivity index (χ4v) is 2.62. The molecule has 138 valence electrons. The number of carbonyl (C=O) groups excluding carboxylic acids is 1. The molecule has 0 radical (unpaired) electrons. The van der Waals surface area contributed by atoms with Gasteiger partial charge >= 0.3 is 5.97 Å². The maximum atomic E-state index is 11.4. The van der Waals surface area contributed by atoms with Crippen molar-refractivity contribution in [3.05, 3.63) is 0 Å². The molecule has 2 atom stereocenters. The quantitative estimate of drug-likeness (QED) is 0.326. The Bertz CT molecular complexity index is 268. The van der Waals surface area contributed by atoms with E-state index in [1.807, 2.05) is 6.92 Å². The van der Waals surface area contributed by atoms with Crippen molar-refractivity contribution in [1.82, 2.24) is 0 Å². The van der Waals surface area contributed by atoms with Crippen molar-refractivity contribution in [2.45, 2.75) is 110 Å². The highest BCUT2D eigenvalue weighted by atomic mass is 16.5. The number of rotatable bonds is 16. The summed E-state index contributed by atoms with van der Waals surface area (Å²) in [5.74, 6) is -0.706. The maximum absolute atomic E-state index is 11.4. The summed E-state index contributed by atoms with van der Waals surface area (Å²) >= 11 is 0. The Kier molecular flexibility index (Phi) is 15.8. The Morgan fingerprint density at radius 3 is 1.74 bits per heavy atom. The summed E-state index contributed by atoms with van der Waals surface area (Å²) in [6.07, 6.45) is 12.4. The summed E-state index contributed by atoms with van der Waals surface area (Å²) in [5, 5.41) is 19.4. The molecule has 0 aliphatic rings. The molecular formula is C19H38O4. The van der Waals surface area contributed by atoms with E-state index < -0.39 is 18.2 Å². The maximum Gasteiger partial charge on any atom is 0.337 e. The van der Waals surface area contributed by atoms with Crippen LogP contribution in [0.2, 0.25) is 0 Å². The number of aliphatic hydroxyl groups excluding tert-OH is 2. The minimum absolute atomic E-state index is 0.293. The van der Waals surface area contributed by atoms with Crippen LogP contribution in [-0.2, 0) is 9.53 Å². The highest BCUT2D eigenvalue weighted by Crippen LogP contribution is 2.13. The van der Waals surface area contributed by atoms with E-state index in [0.717, 1.165) is 19.3 Å². The summed E-state index contributed by atoms with van der Waals surface area (Å²) in [4.78, 5) is 11.4. The van der Waals surface area contributed by atoms with E-state index in [-0.39, 0.29) is 0 Å². The fraction of sp³-hybridized carbons (Fsp3) is 0.947. The summed E-state index contributed by atoms with van der Waals surface area (Å²) < 4.78 is 4.83. The first-order valence-electron chi connectivity index (χ1n) is 9.66. The van der Waals surface area contributed by atoms with Gasteiger partial charge in [0.15, 0.2) is 6.10 Å². The van der Waals surface area contributed by atoms with Crippen LogP contribution < -0.4 is 0 Å². The molecule has 0 saturated carbocycles. The van der Waals surface area contributed by atoms with Crippen LogP contribution in [0.5, 0.6) is 0 Å². The standard InChI is InChI=1S/C19H38O4/c1-3-5-6-7-8-9-10-11-12-13-14-15-17(20)18(21)19(22)23-16-4-2/h17-18,20-21H,3-16H2,1-2H3. The zero-order valence-corrected chi connectivity index (χ0v) is 15.3. The molecule has 0 amide bonds. The van der Waals surface area contributed by atoms with Gasteiger partial charge < -0.3 is 14.9 Å². The molecule has 0 saturated heterocycles. The van der Waals surface area contributed by atoms with Gasteiger partial charge in [-0.2, -0.15) is 0 Å². The largest absolute Gasteiger partial charge is 0.464 e. The molecule has 0 heterocycles. The molecule has 0 rings (SSSR count). The number of carbonyl (C=O) groups is 1. The molecule has 4 nitrogen and oxygen atoms in total. The van der Waals surface area contributed by atoms with Crippen molar-refractivity contribution < 1.29 is 19.7 Å². The zero-order chi connectivity index (χ0) is 17.3. The lowest BCUT2D eigenvalue weighted by Crippen LogP contribution is -2.35. The van der Waals surface area contributed by atoms with Crippen molar-refractivity contribution in [2.24, 2.45) is 0 Å². The first-order valence-corrected chi connectivity index (χ1v) is 9.66. The van der Waals surface area contributed by atoms with E-state index in [1.165, 1.54) is 51.4 Å². The van der Waals surface area contributed by atoms with Crippen molar-refractivity contribution in [1.29, 1.82) is 0 Å². The number of ether oxygens (including phenoxy) is 1. The molecule has 0 aliphatic heterocycles. The number of aliphatic hydroxyl groups is 2. The van der Waals surface area contributed by atoms with Gasteiger partial charge in [-0.1, -0.05) is 84.5 Å². The first-order chi connectivity index (χ1) is 11.1. The SMILES string of the molecule is CCCCCCCCCCCCCC(O)C(O)C(=O)OCCC. The van der Waals surface area contributed by atoms with Gasteiger partial charge in [0, 0.05) is 0 Å². The van der Waals surface area contributed by atoms with Gasteiger partial charge in [-0.3, -0.25) is 0 Å². The number of hydrogen-bond donors (Lipinski definition) is 2. The van der Waals surface area contributed by atoms with Gasteiger partial charge in [-0.05, 0) is 12.8 Å². The van der Waals surface area contributed by atoms with E-state index in [1.54, 1.807) is 0 Å². The Labute approximate surface area is 142 Å². The van der Waals surface area contributed by atoms with Gasteiger partial charge in [0.1, 0.15) is 0 Å². The molecule has 0 fully saturated rings. The van der Waals surface area contributed by atoms with E-state index >= 15 is 0 Å². The van der Waals surface area contributed by atoms with Gasteiger partial charge in [-0.25, -0.2) is 4.79 Å². The second kappa shape index (κ2) is 16.3. The molecule has 0 aromatic carbocycles. The third-order valence-corrected chi connectivity index (χ3v) is 4.16. The highest BCUT2D eigenvalue weighted by Gasteiger charge is 2.24. The average molecular weight is 331 g/mol. The summed E-state index contributed by atoms with van der Waals surface area (Å²) in [6, 6.07) is 0. The first kappa shape index (κ1) is 22.4. The normalized spacial score (nSPS) is 13.7. The van der Waals surface area contributed by atoms with Gasteiger partial charge in [-0.15, -0.1) is 0 Å². The Balaban J connectivity index is 3.41. The van der Waals surface area contributed by atoms with Crippen LogP contribution in [0.1, 0.15) is 97.3 Å². The number of hydrogen-bond acceptors (Lipinski definition) is 4. The monoisotopic (exact) mass is 330 g/mol. The van der Waals surface area contributed by atoms with E-state index in [0.29, 0.717) is 19.4 Å². The third-order valence-electron chi connectivity index (χ3n) is 4.16. The smallest absolute Gasteiger partial charge is 0.337 e. The molecule has 0 aromatic heterocycles. The molecular weight excluding hydrogens is 292 g/mol. The lowest BCUT2D eigenvalue weighted by molar-refractivity contribution is -0.159. The molecule has 0 aromatic rings. The molecule has 2 unspecified atom stereocenters. The van der Waals surface area contributed by atoms with Crippen molar-refractivity contribution in [3.8, 4) is 0 Å². The molecule has 4 heteroatoms. The number of unbranched alkanes of at least 4 members (excludes halogenated alkanes) is 10. The predicted molar refractivity (Wildman–Crippen MR) is 94.3 cm³/mol. The minimum atomic E-state index is -1.40. The zero-order valence-electron chi connectivity index (χ0n) is 15.3. The Hall–Kier alpha value is -0.610. The van der Waals surface area contributed by atoms with Crippen LogP contribution in [-0.4, -0.2) is 35.0 Å². The summed E-state index contributed by atoms with van der Waals surface area (Å²) in [7, 11) is 0. The average Bonchev–Trinajstić information content (AvgIpc) is 2.56. The van der Waals surface area contributed by atoms with Gasteiger partial charge in [0.25, 0.3) is 0 Å².